The number of nitrogens with zero attached hydrogens (tertiary/aromatic N) is 1. The van der Waals surface area contributed by atoms with Gasteiger partial charge in [-0.3, -0.25) is 10.2 Å². The molecule has 5 nitrogen and oxygen atoms in total. The normalized spacial score (nSPS) is 10.4. The summed E-state index contributed by atoms with van der Waals surface area (Å²) < 4.78 is 7.38. The molecule has 2 aromatic heterocycles. The van der Waals surface area contributed by atoms with Crippen molar-refractivity contribution in [3.63, 3.8) is 0 Å². The van der Waals surface area contributed by atoms with E-state index in [2.05, 4.69) is 0 Å². The lowest BCUT2D eigenvalue weighted by atomic mass is 10.4. The Labute approximate surface area is 92.8 Å². The molecule has 0 saturated carbocycles. The number of nitrogens with two attached hydrogens (primary N) is 1. The van der Waals surface area contributed by atoms with Gasteiger partial charge in [-0.05, 0) is 31.2 Å². The van der Waals surface area contributed by atoms with E-state index in [1.807, 2.05) is 35.2 Å². The molecule has 2 aromatic rings. The standard InChI is InChI=1S/C11H13N3O2/c1-8-3-2-6-14(8)7-9-4-5-10(16-9)11(15)13-12/h2-6H,7,12H2,1H3,(H,13,15). The van der Waals surface area contributed by atoms with Gasteiger partial charge in [0, 0.05) is 11.9 Å². The van der Waals surface area contributed by atoms with Gasteiger partial charge in [0.25, 0.3) is 0 Å². The highest BCUT2D eigenvalue weighted by atomic mass is 16.4. The number of rotatable bonds is 3. The average molecular weight is 219 g/mol. The Morgan fingerprint density at radius 2 is 2.31 bits per heavy atom. The molecule has 0 aliphatic rings. The molecule has 0 unspecified atom stereocenters. The van der Waals surface area contributed by atoms with E-state index in [4.69, 9.17) is 10.3 Å². The largest absolute Gasteiger partial charge is 0.454 e. The smallest absolute Gasteiger partial charge is 0.300 e. The van der Waals surface area contributed by atoms with Crippen LogP contribution in [-0.4, -0.2) is 10.5 Å². The molecule has 1 amide bonds. The summed E-state index contributed by atoms with van der Waals surface area (Å²) in [6, 6.07) is 7.35. The summed E-state index contributed by atoms with van der Waals surface area (Å²) in [5.41, 5.74) is 3.17. The molecule has 5 heteroatoms. The van der Waals surface area contributed by atoms with Gasteiger partial charge in [0.2, 0.25) is 0 Å². The third-order valence-corrected chi connectivity index (χ3v) is 2.40. The highest BCUT2D eigenvalue weighted by Gasteiger charge is 2.09. The number of amides is 1. The van der Waals surface area contributed by atoms with E-state index >= 15 is 0 Å². The zero-order valence-corrected chi connectivity index (χ0v) is 8.93. The van der Waals surface area contributed by atoms with Crippen LogP contribution in [0.4, 0.5) is 0 Å². The minimum absolute atomic E-state index is 0.224. The van der Waals surface area contributed by atoms with Gasteiger partial charge in [-0.2, -0.15) is 0 Å². The summed E-state index contributed by atoms with van der Waals surface area (Å²) in [5.74, 6) is 5.53. The summed E-state index contributed by atoms with van der Waals surface area (Å²) in [5, 5.41) is 0. The first-order valence-electron chi connectivity index (χ1n) is 4.92. The Kier molecular flexibility index (Phi) is 2.78. The first kappa shape index (κ1) is 10.5. The van der Waals surface area contributed by atoms with Crippen LogP contribution in [0.2, 0.25) is 0 Å². The van der Waals surface area contributed by atoms with Gasteiger partial charge in [-0.1, -0.05) is 0 Å². The molecule has 2 rings (SSSR count). The Balaban J connectivity index is 2.14. The summed E-state index contributed by atoms with van der Waals surface area (Å²) in [6.45, 7) is 2.62. The molecule has 16 heavy (non-hydrogen) atoms. The molecule has 84 valence electrons. The van der Waals surface area contributed by atoms with Crippen LogP contribution in [0, 0.1) is 6.92 Å². The van der Waals surface area contributed by atoms with Crippen LogP contribution in [0.1, 0.15) is 22.0 Å². The number of furan rings is 1. The number of carbonyl (C=O) groups is 1. The fourth-order valence-electron chi connectivity index (χ4n) is 1.50. The second-order valence-electron chi connectivity index (χ2n) is 3.52. The molecule has 0 aliphatic heterocycles. The van der Waals surface area contributed by atoms with Crippen LogP contribution >= 0.6 is 0 Å². The van der Waals surface area contributed by atoms with E-state index in [-0.39, 0.29) is 5.76 Å². The van der Waals surface area contributed by atoms with Gasteiger partial charge in [0.1, 0.15) is 5.76 Å². The number of aryl methyl sites for hydroxylation is 1. The first-order chi connectivity index (χ1) is 7.70. The molecule has 0 aliphatic carbocycles. The first-order valence-corrected chi connectivity index (χ1v) is 4.92. The third-order valence-electron chi connectivity index (χ3n) is 2.40. The van der Waals surface area contributed by atoms with Crippen LogP contribution in [0.3, 0.4) is 0 Å². The van der Waals surface area contributed by atoms with Crippen molar-refractivity contribution in [1.82, 2.24) is 9.99 Å². The van der Waals surface area contributed by atoms with Gasteiger partial charge in [0.15, 0.2) is 5.76 Å². The van der Waals surface area contributed by atoms with Gasteiger partial charge in [0.05, 0.1) is 6.54 Å². The Morgan fingerprint density at radius 3 is 2.94 bits per heavy atom. The van der Waals surface area contributed by atoms with E-state index in [0.717, 1.165) is 11.5 Å². The number of carbonyl (C=O) groups excluding carboxylic acids is 1. The van der Waals surface area contributed by atoms with Crippen molar-refractivity contribution in [3.05, 3.63) is 47.7 Å². The lowest BCUT2D eigenvalue weighted by molar-refractivity contribution is 0.0924. The number of hydrogen-bond donors (Lipinski definition) is 2. The van der Waals surface area contributed by atoms with Gasteiger partial charge < -0.3 is 8.98 Å². The van der Waals surface area contributed by atoms with E-state index < -0.39 is 5.91 Å². The van der Waals surface area contributed by atoms with Crippen molar-refractivity contribution in [2.45, 2.75) is 13.5 Å². The molecule has 2 heterocycles. The summed E-state index contributed by atoms with van der Waals surface area (Å²) >= 11 is 0. The van der Waals surface area contributed by atoms with Gasteiger partial charge >= 0.3 is 5.91 Å². The fraction of sp³-hybridized carbons (Fsp3) is 0.182. The van der Waals surface area contributed by atoms with Crippen LogP contribution in [-0.2, 0) is 6.54 Å². The monoisotopic (exact) mass is 219 g/mol. The topological polar surface area (TPSA) is 73.2 Å². The van der Waals surface area contributed by atoms with E-state index in [1.165, 1.54) is 0 Å². The van der Waals surface area contributed by atoms with E-state index in [1.54, 1.807) is 12.1 Å². The number of aromatic nitrogens is 1. The van der Waals surface area contributed by atoms with E-state index in [0.29, 0.717) is 6.54 Å². The molecule has 0 bridgehead atoms. The molecule has 0 spiro atoms. The maximum Gasteiger partial charge on any atom is 0.300 e. The SMILES string of the molecule is Cc1cccn1Cc1ccc(C(=O)NN)o1. The molecule has 0 atom stereocenters. The van der Waals surface area contributed by atoms with Crippen molar-refractivity contribution in [1.29, 1.82) is 0 Å². The van der Waals surface area contributed by atoms with Crippen molar-refractivity contribution in [3.8, 4) is 0 Å². The highest BCUT2D eigenvalue weighted by Crippen LogP contribution is 2.11. The zero-order valence-electron chi connectivity index (χ0n) is 8.93. The van der Waals surface area contributed by atoms with Crippen molar-refractivity contribution >= 4 is 5.91 Å². The summed E-state index contributed by atoms with van der Waals surface area (Å²) in [7, 11) is 0. The van der Waals surface area contributed by atoms with Crippen molar-refractivity contribution < 1.29 is 9.21 Å². The molecule has 3 N–H and O–H groups in total. The molecular weight excluding hydrogens is 206 g/mol. The van der Waals surface area contributed by atoms with Gasteiger partial charge in [-0.25, -0.2) is 5.84 Å². The minimum Gasteiger partial charge on any atom is -0.454 e. The maximum atomic E-state index is 11.2. The van der Waals surface area contributed by atoms with Crippen molar-refractivity contribution in [2.75, 3.05) is 0 Å². The quantitative estimate of drug-likeness (QED) is 0.460. The Hall–Kier alpha value is -2.01. The minimum atomic E-state index is -0.421. The number of hydrogen-bond acceptors (Lipinski definition) is 3. The van der Waals surface area contributed by atoms with Gasteiger partial charge in [-0.15, -0.1) is 0 Å². The Bertz CT molecular complexity index is 499. The summed E-state index contributed by atoms with van der Waals surface area (Å²) in [6.07, 6.45) is 1.96. The molecule has 0 radical (unpaired) electrons. The lowest BCUT2D eigenvalue weighted by Gasteiger charge is -2.02. The second-order valence-corrected chi connectivity index (χ2v) is 3.52. The average Bonchev–Trinajstić information content (AvgIpc) is 2.89. The maximum absolute atomic E-state index is 11.2. The Morgan fingerprint density at radius 1 is 1.50 bits per heavy atom. The lowest BCUT2D eigenvalue weighted by Crippen LogP contribution is -2.29. The molecule has 0 fully saturated rings. The fourth-order valence-corrected chi connectivity index (χ4v) is 1.50. The number of nitrogen functional groups attached to an aromatic ring is 1. The molecule has 0 saturated heterocycles. The highest BCUT2D eigenvalue weighted by molar-refractivity contribution is 5.90. The summed E-state index contributed by atoms with van der Waals surface area (Å²) in [4.78, 5) is 11.2. The zero-order chi connectivity index (χ0) is 11.5. The predicted molar refractivity (Wildman–Crippen MR) is 58.6 cm³/mol. The van der Waals surface area contributed by atoms with Crippen LogP contribution < -0.4 is 11.3 Å². The number of hydrazine groups is 1. The predicted octanol–water partition coefficient (Wildman–Crippen LogP) is 1.04. The van der Waals surface area contributed by atoms with Crippen LogP contribution in [0.25, 0.3) is 0 Å². The molecular formula is C11H13N3O2. The third kappa shape index (κ3) is 1.99. The van der Waals surface area contributed by atoms with Crippen molar-refractivity contribution in [2.24, 2.45) is 5.84 Å². The second kappa shape index (κ2) is 4.24. The molecule has 0 aromatic carbocycles. The van der Waals surface area contributed by atoms with Crippen LogP contribution in [0.15, 0.2) is 34.9 Å². The number of nitrogens with one attached hydrogen (secondary N) is 1. The van der Waals surface area contributed by atoms with Crippen LogP contribution in [0.5, 0.6) is 0 Å². The van der Waals surface area contributed by atoms with E-state index in [9.17, 15) is 4.79 Å².